The molecule has 0 heteroatoms. The fourth-order valence-electron chi connectivity index (χ4n) is 2.68. The van der Waals surface area contributed by atoms with Crippen LogP contribution in [-0.2, 0) is 11.8 Å². The average Bonchev–Trinajstić information content (AvgIpc) is 2.53. The van der Waals surface area contributed by atoms with Gasteiger partial charge in [0.2, 0.25) is 0 Å². The highest BCUT2D eigenvalue weighted by Crippen LogP contribution is 2.42. The molecule has 1 aliphatic rings. The molecule has 1 aliphatic carbocycles. The van der Waals surface area contributed by atoms with Crippen LogP contribution in [0.25, 0.3) is 0 Å². The summed E-state index contributed by atoms with van der Waals surface area (Å²) < 4.78 is 0. The second-order valence-corrected chi connectivity index (χ2v) is 5.08. The summed E-state index contributed by atoms with van der Waals surface area (Å²) in [5.74, 6) is 0.740. The summed E-state index contributed by atoms with van der Waals surface area (Å²) in [5, 5.41) is 0. The Morgan fingerprint density at radius 3 is 2.00 bits per heavy atom. The Kier molecular flexibility index (Phi) is 12.5. The van der Waals surface area contributed by atoms with Gasteiger partial charge in [0, 0.05) is 0 Å². The SMILES string of the molecule is C=C.CC.CC.CC(C)C1(C)CCCc2ccccc21. The van der Waals surface area contributed by atoms with Crippen molar-refractivity contribution >= 4 is 0 Å². The Balaban J connectivity index is 0. The zero-order valence-corrected chi connectivity index (χ0v) is 14.9. The molecular formula is C20H36. The molecule has 1 atom stereocenters. The molecule has 0 bridgehead atoms. The van der Waals surface area contributed by atoms with Gasteiger partial charge in [-0.05, 0) is 41.7 Å². The van der Waals surface area contributed by atoms with Crippen LogP contribution in [-0.4, -0.2) is 0 Å². The first kappa shape index (κ1) is 21.3. The third-order valence-electron chi connectivity index (χ3n) is 4.05. The van der Waals surface area contributed by atoms with E-state index in [0.717, 1.165) is 5.92 Å². The van der Waals surface area contributed by atoms with Gasteiger partial charge in [0.1, 0.15) is 0 Å². The largest absolute Gasteiger partial charge is 0.106 e. The number of hydrogen-bond acceptors (Lipinski definition) is 0. The molecule has 1 aromatic carbocycles. The average molecular weight is 277 g/mol. The second kappa shape index (κ2) is 11.8. The minimum atomic E-state index is 0.412. The summed E-state index contributed by atoms with van der Waals surface area (Å²) >= 11 is 0. The second-order valence-electron chi connectivity index (χ2n) is 5.08. The summed E-state index contributed by atoms with van der Waals surface area (Å²) in [6.45, 7) is 21.1. The molecule has 0 amide bonds. The maximum Gasteiger partial charge on any atom is -0.00494 e. The van der Waals surface area contributed by atoms with E-state index < -0.39 is 0 Å². The Hall–Kier alpha value is -1.04. The van der Waals surface area contributed by atoms with Gasteiger partial charge < -0.3 is 0 Å². The Morgan fingerprint density at radius 1 is 1.00 bits per heavy atom. The van der Waals surface area contributed by atoms with E-state index in [1.807, 2.05) is 27.7 Å². The van der Waals surface area contributed by atoms with Crippen LogP contribution in [0.4, 0.5) is 0 Å². The molecule has 0 aliphatic heterocycles. The highest BCUT2D eigenvalue weighted by molar-refractivity contribution is 5.36. The number of hydrogen-bond donors (Lipinski definition) is 0. The van der Waals surface area contributed by atoms with Crippen LogP contribution in [0, 0.1) is 5.92 Å². The van der Waals surface area contributed by atoms with Gasteiger partial charge in [-0.3, -0.25) is 0 Å². The lowest BCUT2D eigenvalue weighted by Gasteiger charge is -2.39. The highest BCUT2D eigenvalue weighted by Gasteiger charge is 2.34. The van der Waals surface area contributed by atoms with Gasteiger partial charge in [-0.15, -0.1) is 13.2 Å². The van der Waals surface area contributed by atoms with E-state index in [1.165, 1.54) is 19.3 Å². The molecule has 1 unspecified atom stereocenters. The lowest BCUT2D eigenvalue weighted by molar-refractivity contribution is 0.290. The standard InChI is InChI=1S/C14H20.2C2H6.C2H4/c1-11(2)14(3)10-6-8-12-7-4-5-9-13(12)14;3*1-2/h4-5,7,9,11H,6,8,10H2,1-3H3;2*1-2H3;1-2H2. The predicted octanol–water partition coefficient (Wildman–Crippen LogP) is 6.79. The fourth-order valence-corrected chi connectivity index (χ4v) is 2.68. The molecule has 1 aromatic rings. The first-order valence-electron chi connectivity index (χ1n) is 8.23. The van der Waals surface area contributed by atoms with E-state index in [0.29, 0.717) is 5.41 Å². The van der Waals surface area contributed by atoms with E-state index in [9.17, 15) is 0 Å². The van der Waals surface area contributed by atoms with Gasteiger partial charge >= 0.3 is 0 Å². The van der Waals surface area contributed by atoms with Crippen molar-refractivity contribution in [3.8, 4) is 0 Å². The van der Waals surface area contributed by atoms with Crippen LogP contribution in [0.5, 0.6) is 0 Å². The summed E-state index contributed by atoms with van der Waals surface area (Å²) in [7, 11) is 0. The van der Waals surface area contributed by atoms with Gasteiger partial charge in [0.15, 0.2) is 0 Å². The number of aryl methyl sites for hydroxylation is 1. The molecule has 20 heavy (non-hydrogen) atoms. The molecule has 0 nitrogen and oxygen atoms in total. The normalized spacial score (nSPS) is 19.2. The lowest BCUT2D eigenvalue weighted by Crippen LogP contribution is -2.32. The van der Waals surface area contributed by atoms with Crippen molar-refractivity contribution in [3.05, 3.63) is 48.6 Å². The van der Waals surface area contributed by atoms with Crippen LogP contribution in [0.2, 0.25) is 0 Å². The summed E-state index contributed by atoms with van der Waals surface area (Å²) in [4.78, 5) is 0. The molecular weight excluding hydrogens is 240 g/mol. The van der Waals surface area contributed by atoms with Crippen molar-refractivity contribution < 1.29 is 0 Å². The third-order valence-corrected chi connectivity index (χ3v) is 4.05. The monoisotopic (exact) mass is 276 g/mol. The molecule has 0 fully saturated rings. The molecule has 2 rings (SSSR count). The first-order valence-corrected chi connectivity index (χ1v) is 8.23. The van der Waals surface area contributed by atoms with Crippen molar-refractivity contribution in [1.82, 2.24) is 0 Å². The van der Waals surface area contributed by atoms with Gasteiger partial charge in [-0.25, -0.2) is 0 Å². The minimum absolute atomic E-state index is 0.412. The van der Waals surface area contributed by atoms with E-state index in [-0.39, 0.29) is 0 Å². The zero-order valence-electron chi connectivity index (χ0n) is 14.9. The van der Waals surface area contributed by atoms with Crippen LogP contribution in [0.15, 0.2) is 37.4 Å². The summed E-state index contributed by atoms with van der Waals surface area (Å²) in [6.07, 6.45) is 3.98. The van der Waals surface area contributed by atoms with Gasteiger partial charge in [-0.2, -0.15) is 0 Å². The minimum Gasteiger partial charge on any atom is -0.106 e. The molecule has 0 radical (unpaired) electrons. The van der Waals surface area contributed by atoms with Crippen molar-refractivity contribution in [1.29, 1.82) is 0 Å². The zero-order chi connectivity index (χ0) is 16.2. The van der Waals surface area contributed by atoms with Crippen LogP contribution in [0.3, 0.4) is 0 Å². The van der Waals surface area contributed by atoms with Crippen molar-refractivity contribution in [2.24, 2.45) is 5.92 Å². The Labute approximate surface area is 128 Å². The number of fused-ring (bicyclic) bond motifs is 1. The predicted molar refractivity (Wildman–Crippen MR) is 95.5 cm³/mol. The molecule has 0 saturated carbocycles. The van der Waals surface area contributed by atoms with E-state index >= 15 is 0 Å². The molecule has 0 aromatic heterocycles. The molecule has 0 saturated heterocycles. The van der Waals surface area contributed by atoms with E-state index in [2.05, 4.69) is 58.2 Å². The Bertz CT molecular complexity index is 338. The third kappa shape index (κ3) is 5.15. The molecule has 0 heterocycles. The van der Waals surface area contributed by atoms with Crippen molar-refractivity contribution in [2.75, 3.05) is 0 Å². The number of benzene rings is 1. The molecule has 116 valence electrons. The molecule has 0 spiro atoms. The smallest absolute Gasteiger partial charge is 0.00494 e. The first-order chi connectivity index (χ1) is 9.64. The number of rotatable bonds is 1. The van der Waals surface area contributed by atoms with E-state index in [4.69, 9.17) is 0 Å². The van der Waals surface area contributed by atoms with Gasteiger partial charge in [-0.1, -0.05) is 72.7 Å². The van der Waals surface area contributed by atoms with Crippen molar-refractivity contribution in [3.63, 3.8) is 0 Å². The summed E-state index contributed by atoms with van der Waals surface area (Å²) in [6, 6.07) is 8.99. The maximum absolute atomic E-state index is 3.00. The highest BCUT2D eigenvalue weighted by atomic mass is 14.4. The van der Waals surface area contributed by atoms with Crippen LogP contribution < -0.4 is 0 Å². The van der Waals surface area contributed by atoms with Gasteiger partial charge in [0.05, 0.1) is 0 Å². The van der Waals surface area contributed by atoms with Crippen LogP contribution in [0.1, 0.15) is 72.4 Å². The van der Waals surface area contributed by atoms with Crippen molar-refractivity contribution in [2.45, 2.75) is 73.1 Å². The van der Waals surface area contributed by atoms with Crippen LogP contribution >= 0.6 is 0 Å². The van der Waals surface area contributed by atoms with Gasteiger partial charge in [0.25, 0.3) is 0 Å². The summed E-state index contributed by atoms with van der Waals surface area (Å²) in [5.41, 5.74) is 3.59. The Morgan fingerprint density at radius 2 is 1.50 bits per heavy atom. The quantitative estimate of drug-likeness (QED) is 0.495. The fraction of sp³-hybridized carbons (Fsp3) is 0.600. The maximum atomic E-state index is 3.00. The van der Waals surface area contributed by atoms with E-state index in [1.54, 1.807) is 11.1 Å². The topological polar surface area (TPSA) is 0 Å². The molecule has 0 N–H and O–H groups in total. The lowest BCUT2D eigenvalue weighted by atomic mass is 9.65.